The summed E-state index contributed by atoms with van der Waals surface area (Å²) in [7, 11) is 0. The number of hydrogen-bond donors (Lipinski definition) is 1. The number of rotatable bonds is 4. The highest BCUT2D eigenvalue weighted by Gasteiger charge is 2.31. The molecule has 0 saturated carbocycles. The molecule has 0 bridgehead atoms. The number of carbonyl (C=O) groups is 2. The van der Waals surface area contributed by atoms with Gasteiger partial charge in [0.2, 0.25) is 0 Å². The summed E-state index contributed by atoms with van der Waals surface area (Å²) >= 11 is 3.08. The molecule has 1 N–H and O–H groups in total. The van der Waals surface area contributed by atoms with E-state index in [0.717, 1.165) is 10.6 Å². The van der Waals surface area contributed by atoms with Crippen molar-refractivity contribution in [1.29, 1.82) is 0 Å². The topological polar surface area (TPSA) is 83.6 Å². The van der Waals surface area contributed by atoms with Gasteiger partial charge in [0.1, 0.15) is 5.69 Å². The Morgan fingerprint density at radius 3 is 3.04 bits per heavy atom. The Bertz CT molecular complexity index is 711. The Morgan fingerprint density at radius 2 is 2.35 bits per heavy atom. The molecule has 8 heteroatoms. The monoisotopic (exact) mass is 352 g/mol. The number of aryl methyl sites for hydroxylation is 1. The van der Waals surface area contributed by atoms with Crippen molar-refractivity contribution >= 4 is 35.0 Å². The number of carboxylic acid groups (broad SMARTS) is 1. The van der Waals surface area contributed by atoms with Crippen molar-refractivity contribution in [3.05, 3.63) is 29.0 Å². The summed E-state index contributed by atoms with van der Waals surface area (Å²) in [6, 6.07) is 3.29. The summed E-state index contributed by atoms with van der Waals surface area (Å²) in [5.41, 5.74) is 0.392. The van der Waals surface area contributed by atoms with Crippen LogP contribution in [0.1, 0.15) is 21.8 Å². The lowest BCUT2D eigenvalue weighted by Crippen LogP contribution is -2.47. The quantitative estimate of drug-likeness (QED) is 0.911. The lowest BCUT2D eigenvalue weighted by molar-refractivity contribution is -0.138. The second-order valence-corrected chi connectivity index (χ2v) is 7.58. The van der Waals surface area contributed by atoms with Crippen LogP contribution in [0, 0.1) is 6.92 Å². The number of aliphatic carboxylic acids is 1. The third-order valence-corrected chi connectivity index (χ3v) is 5.71. The average Bonchev–Trinajstić information content (AvgIpc) is 3.15. The van der Waals surface area contributed by atoms with Crippen molar-refractivity contribution in [2.75, 3.05) is 18.1 Å². The largest absolute Gasteiger partial charge is 0.481 e. The molecule has 2 aromatic heterocycles. The molecule has 0 spiro atoms. The van der Waals surface area contributed by atoms with Crippen LogP contribution in [0.5, 0.6) is 0 Å². The van der Waals surface area contributed by atoms with Crippen LogP contribution in [0.4, 0.5) is 0 Å². The number of thiazole rings is 1. The number of amides is 1. The van der Waals surface area contributed by atoms with E-state index in [0.29, 0.717) is 28.8 Å². The number of hydrogen-bond acceptors (Lipinski definition) is 6. The first-order chi connectivity index (χ1) is 11.1. The zero-order chi connectivity index (χ0) is 16.4. The third-order valence-electron chi connectivity index (χ3n) is 3.63. The van der Waals surface area contributed by atoms with Crippen molar-refractivity contribution in [2.45, 2.75) is 19.4 Å². The van der Waals surface area contributed by atoms with E-state index in [4.69, 9.17) is 9.52 Å². The highest BCUT2D eigenvalue weighted by Crippen LogP contribution is 2.30. The van der Waals surface area contributed by atoms with Crippen molar-refractivity contribution < 1.29 is 19.1 Å². The maximum Gasteiger partial charge on any atom is 0.305 e. The molecule has 3 heterocycles. The van der Waals surface area contributed by atoms with E-state index in [9.17, 15) is 9.59 Å². The van der Waals surface area contributed by atoms with Gasteiger partial charge in [-0.15, -0.1) is 11.3 Å². The third kappa shape index (κ3) is 3.42. The van der Waals surface area contributed by atoms with Crippen LogP contribution >= 0.6 is 23.1 Å². The van der Waals surface area contributed by atoms with Crippen LogP contribution in [-0.4, -0.2) is 51.0 Å². The maximum atomic E-state index is 12.8. The molecule has 2 aromatic rings. The average molecular weight is 352 g/mol. The molecule has 1 amide bonds. The molecular weight excluding hydrogens is 336 g/mol. The van der Waals surface area contributed by atoms with Gasteiger partial charge < -0.3 is 14.4 Å². The minimum absolute atomic E-state index is 0.0348. The molecule has 3 rings (SSSR count). The van der Waals surface area contributed by atoms with E-state index >= 15 is 0 Å². The summed E-state index contributed by atoms with van der Waals surface area (Å²) in [6.45, 7) is 2.40. The van der Waals surface area contributed by atoms with Gasteiger partial charge in [-0.25, -0.2) is 4.98 Å². The number of aromatic nitrogens is 1. The number of thioether (sulfide) groups is 1. The summed E-state index contributed by atoms with van der Waals surface area (Å²) in [5.74, 6) is 1.01. The summed E-state index contributed by atoms with van der Waals surface area (Å²) in [6.07, 6.45) is 1.53. The van der Waals surface area contributed by atoms with Crippen LogP contribution in [0.3, 0.4) is 0 Å². The second-order valence-electron chi connectivity index (χ2n) is 5.23. The molecule has 0 radical (unpaired) electrons. The minimum atomic E-state index is -0.887. The van der Waals surface area contributed by atoms with E-state index in [-0.39, 0.29) is 18.4 Å². The second kappa shape index (κ2) is 6.76. The fourth-order valence-electron chi connectivity index (χ4n) is 2.53. The molecular formula is C15H16N2O4S2. The normalized spacial score (nSPS) is 18.1. The first-order valence-corrected chi connectivity index (χ1v) is 9.15. The van der Waals surface area contributed by atoms with Gasteiger partial charge >= 0.3 is 5.97 Å². The van der Waals surface area contributed by atoms with Gasteiger partial charge in [-0.1, -0.05) is 0 Å². The molecule has 1 unspecified atom stereocenters. The van der Waals surface area contributed by atoms with Gasteiger partial charge in [0.05, 0.1) is 18.7 Å². The van der Waals surface area contributed by atoms with Crippen LogP contribution in [0.25, 0.3) is 10.8 Å². The Hall–Kier alpha value is -1.80. The number of carbonyl (C=O) groups excluding carboxylic acids is 1. The summed E-state index contributed by atoms with van der Waals surface area (Å²) in [5, 5.41) is 9.71. The SMILES string of the molecule is Cc1sc(-c2ccco2)nc1C(=O)N1CCSCC1CC(=O)O. The number of furan rings is 1. The molecule has 1 saturated heterocycles. The van der Waals surface area contributed by atoms with E-state index in [2.05, 4.69) is 4.98 Å². The molecule has 0 aliphatic carbocycles. The van der Waals surface area contributed by atoms with Crippen LogP contribution < -0.4 is 0 Å². The predicted molar refractivity (Wildman–Crippen MR) is 89.0 cm³/mol. The van der Waals surface area contributed by atoms with E-state index in [1.807, 2.05) is 6.92 Å². The molecule has 6 nitrogen and oxygen atoms in total. The molecule has 122 valence electrons. The fraction of sp³-hybridized carbons (Fsp3) is 0.400. The van der Waals surface area contributed by atoms with Gasteiger partial charge in [-0.2, -0.15) is 11.8 Å². The van der Waals surface area contributed by atoms with E-state index in [1.165, 1.54) is 11.3 Å². The summed E-state index contributed by atoms with van der Waals surface area (Å²) in [4.78, 5) is 30.7. The van der Waals surface area contributed by atoms with Crippen LogP contribution in [0.2, 0.25) is 0 Å². The Labute approximate surface area is 141 Å². The molecule has 1 aliphatic heterocycles. The van der Waals surface area contributed by atoms with Gasteiger partial charge in [0.25, 0.3) is 5.91 Å². The zero-order valence-electron chi connectivity index (χ0n) is 12.5. The number of carboxylic acids is 1. The van der Waals surface area contributed by atoms with E-state index in [1.54, 1.807) is 35.1 Å². The maximum absolute atomic E-state index is 12.8. The molecule has 1 atom stereocenters. The fourth-order valence-corrected chi connectivity index (χ4v) is 4.47. The zero-order valence-corrected chi connectivity index (χ0v) is 14.2. The van der Waals surface area contributed by atoms with Crippen molar-refractivity contribution in [1.82, 2.24) is 9.88 Å². The highest BCUT2D eigenvalue weighted by molar-refractivity contribution is 7.99. The standard InChI is InChI=1S/C15H16N2O4S2/c1-9-13(16-14(23-9)11-3-2-5-21-11)15(20)17-4-6-22-8-10(17)7-12(18)19/h2-3,5,10H,4,6-8H2,1H3,(H,18,19). The minimum Gasteiger partial charge on any atom is -0.481 e. The van der Waals surface area contributed by atoms with Gasteiger partial charge in [-0.3, -0.25) is 9.59 Å². The Morgan fingerprint density at radius 1 is 1.52 bits per heavy atom. The number of nitrogens with zero attached hydrogens (tertiary/aromatic N) is 2. The van der Waals surface area contributed by atoms with Crippen molar-refractivity contribution in [2.24, 2.45) is 0 Å². The predicted octanol–water partition coefficient (Wildman–Crippen LogP) is 2.74. The molecule has 0 aromatic carbocycles. The lowest BCUT2D eigenvalue weighted by atomic mass is 10.1. The molecule has 1 fully saturated rings. The first-order valence-electron chi connectivity index (χ1n) is 7.18. The first kappa shape index (κ1) is 16.1. The highest BCUT2D eigenvalue weighted by atomic mass is 32.2. The van der Waals surface area contributed by atoms with Gasteiger partial charge in [-0.05, 0) is 19.1 Å². The molecule has 23 heavy (non-hydrogen) atoms. The Kier molecular flexibility index (Phi) is 4.72. The smallest absolute Gasteiger partial charge is 0.305 e. The van der Waals surface area contributed by atoms with Crippen molar-refractivity contribution in [3.8, 4) is 10.8 Å². The molecule has 1 aliphatic rings. The van der Waals surface area contributed by atoms with E-state index < -0.39 is 5.97 Å². The van der Waals surface area contributed by atoms with Crippen molar-refractivity contribution in [3.63, 3.8) is 0 Å². The van der Waals surface area contributed by atoms with Crippen LogP contribution in [-0.2, 0) is 4.79 Å². The summed E-state index contributed by atoms with van der Waals surface area (Å²) < 4.78 is 5.33. The van der Waals surface area contributed by atoms with Gasteiger partial charge in [0.15, 0.2) is 10.8 Å². The van der Waals surface area contributed by atoms with Crippen LogP contribution in [0.15, 0.2) is 22.8 Å². The Balaban J connectivity index is 1.85. The lowest BCUT2D eigenvalue weighted by Gasteiger charge is -2.34. The van der Waals surface area contributed by atoms with Gasteiger partial charge in [0, 0.05) is 22.9 Å².